The van der Waals surface area contributed by atoms with Crippen LogP contribution in [0.2, 0.25) is 0 Å². The van der Waals surface area contributed by atoms with Crippen LogP contribution >= 0.6 is 22.6 Å². The molecule has 0 aliphatic rings. The molecule has 0 atom stereocenters. The number of halogens is 1. The van der Waals surface area contributed by atoms with E-state index in [2.05, 4.69) is 33.6 Å². The number of nitrogen functional groups attached to an aromatic ring is 1. The van der Waals surface area contributed by atoms with E-state index in [1.54, 1.807) is 18.2 Å². The molecule has 0 unspecified atom stereocenters. The predicted octanol–water partition coefficient (Wildman–Crippen LogP) is 4.09. The van der Waals surface area contributed by atoms with E-state index in [1.165, 1.54) is 0 Å². The van der Waals surface area contributed by atoms with Crippen molar-refractivity contribution >= 4 is 39.2 Å². The van der Waals surface area contributed by atoms with Gasteiger partial charge >= 0.3 is 0 Å². The van der Waals surface area contributed by atoms with Gasteiger partial charge in [0.25, 0.3) is 0 Å². The van der Waals surface area contributed by atoms with Crippen LogP contribution in [-0.2, 0) is 0 Å². The number of para-hydroxylation sites is 1. The van der Waals surface area contributed by atoms with Gasteiger partial charge in [-0.25, -0.2) is 4.98 Å². The number of nitrogens with two attached hydrogens (primary N) is 1. The van der Waals surface area contributed by atoms with Gasteiger partial charge in [-0.2, -0.15) is 5.26 Å². The average Bonchev–Trinajstić information content (AvgIpc) is 2.50. The lowest BCUT2D eigenvalue weighted by molar-refractivity contribution is 0.464. The molecule has 0 saturated carbocycles. The highest BCUT2D eigenvalue weighted by atomic mass is 127. The van der Waals surface area contributed by atoms with Crippen LogP contribution in [0.3, 0.4) is 0 Å². The maximum Gasteiger partial charge on any atom is 0.219 e. The lowest BCUT2D eigenvalue weighted by Crippen LogP contribution is -1.97. The van der Waals surface area contributed by atoms with E-state index in [0.29, 0.717) is 22.9 Å². The number of ether oxygens (including phenoxy) is 1. The minimum atomic E-state index is 0.424. The van der Waals surface area contributed by atoms with Crippen molar-refractivity contribution in [3.05, 3.63) is 57.7 Å². The van der Waals surface area contributed by atoms with E-state index in [4.69, 9.17) is 15.7 Å². The average molecular weight is 387 g/mol. The summed E-state index contributed by atoms with van der Waals surface area (Å²) in [6, 6.07) is 17.0. The summed E-state index contributed by atoms with van der Waals surface area (Å²) < 4.78 is 6.57. The third-order valence-corrected chi connectivity index (χ3v) is 3.78. The van der Waals surface area contributed by atoms with Gasteiger partial charge in [0.1, 0.15) is 0 Å². The summed E-state index contributed by atoms with van der Waals surface area (Å²) in [5.74, 6) is 1.00. The second-order valence-corrected chi connectivity index (χ2v) is 5.59. The van der Waals surface area contributed by atoms with Gasteiger partial charge < -0.3 is 10.5 Å². The molecule has 0 radical (unpaired) electrons. The Kier molecular flexibility index (Phi) is 3.62. The lowest BCUT2D eigenvalue weighted by atomic mass is 10.2. The van der Waals surface area contributed by atoms with Gasteiger partial charge in [-0.3, -0.25) is 0 Å². The minimum absolute atomic E-state index is 0.424. The van der Waals surface area contributed by atoms with Crippen molar-refractivity contribution in [3.8, 4) is 17.7 Å². The first kappa shape index (κ1) is 13.6. The number of fused-ring (bicyclic) bond motifs is 1. The van der Waals surface area contributed by atoms with Crippen LogP contribution in [0.4, 0.5) is 5.69 Å². The van der Waals surface area contributed by atoms with Crippen LogP contribution in [-0.4, -0.2) is 4.98 Å². The summed E-state index contributed by atoms with van der Waals surface area (Å²) in [7, 11) is 0. The van der Waals surface area contributed by atoms with E-state index in [-0.39, 0.29) is 0 Å². The molecule has 1 aromatic heterocycles. The lowest BCUT2D eigenvalue weighted by Gasteiger charge is -2.10. The Bertz CT molecular complexity index is 848. The number of aromatic nitrogens is 1. The Morgan fingerprint density at radius 2 is 1.95 bits per heavy atom. The zero-order valence-electron chi connectivity index (χ0n) is 10.9. The van der Waals surface area contributed by atoms with Gasteiger partial charge in [0, 0.05) is 11.5 Å². The number of nitrogens with zero attached hydrogens (tertiary/aromatic N) is 2. The van der Waals surface area contributed by atoms with Gasteiger partial charge in [-0.15, -0.1) is 0 Å². The number of pyridine rings is 1. The molecule has 102 valence electrons. The number of rotatable bonds is 2. The third-order valence-electron chi connectivity index (χ3n) is 2.98. The zero-order valence-corrected chi connectivity index (χ0v) is 13.0. The molecule has 0 aliphatic carbocycles. The molecular formula is C16H10IN3O. The van der Waals surface area contributed by atoms with Gasteiger partial charge in [0.2, 0.25) is 5.88 Å². The fourth-order valence-electron chi connectivity index (χ4n) is 2.00. The molecule has 21 heavy (non-hydrogen) atoms. The van der Waals surface area contributed by atoms with E-state index in [0.717, 1.165) is 14.5 Å². The molecule has 0 fully saturated rings. The number of benzene rings is 2. The quantitative estimate of drug-likeness (QED) is 0.531. The first-order chi connectivity index (χ1) is 10.2. The van der Waals surface area contributed by atoms with Gasteiger partial charge in [0.05, 0.1) is 26.4 Å². The number of nitriles is 1. The Morgan fingerprint density at radius 3 is 2.71 bits per heavy atom. The molecular weight excluding hydrogens is 377 g/mol. The number of hydrogen-bond donors (Lipinski definition) is 1. The van der Waals surface area contributed by atoms with Crippen molar-refractivity contribution < 1.29 is 4.74 Å². The summed E-state index contributed by atoms with van der Waals surface area (Å²) in [5.41, 5.74) is 7.74. The number of anilines is 1. The maximum absolute atomic E-state index is 8.92. The van der Waals surface area contributed by atoms with Crippen LogP contribution in [0.25, 0.3) is 10.9 Å². The van der Waals surface area contributed by atoms with Crippen molar-refractivity contribution in [2.75, 3.05) is 5.73 Å². The van der Waals surface area contributed by atoms with Crippen molar-refractivity contribution in [1.29, 1.82) is 5.26 Å². The maximum atomic E-state index is 8.92. The highest BCUT2D eigenvalue weighted by Gasteiger charge is 2.10. The molecule has 0 amide bonds. The molecule has 3 aromatic rings. The fraction of sp³-hybridized carbons (Fsp3) is 0. The summed E-state index contributed by atoms with van der Waals surface area (Å²) in [4.78, 5) is 4.45. The molecule has 2 aromatic carbocycles. The predicted molar refractivity (Wildman–Crippen MR) is 90.1 cm³/mol. The zero-order chi connectivity index (χ0) is 14.8. The van der Waals surface area contributed by atoms with Crippen molar-refractivity contribution in [2.45, 2.75) is 0 Å². The van der Waals surface area contributed by atoms with Gasteiger partial charge in [-0.1, -0.05) is 18.2 Å². The fourth-order valence-corrected chi connectivity index (χ4v) is 2.75. The van der Waals surface area contributed by atoms with E-state index in [1.807, 2.05) is 30.3 Å². The normalized spacial score (nSPS) is 10.3. The summed E-state index contributed by atoms with van der Waals surface area (Å²) in [5, 5.41) is 9.97. The monoisotopic (exact) mass is 387 g/mol. The molecule has 4 nitrogen and oxygen atoms in total. The molecule has 0 bridgehead atoms. The summed E-state index contributed by atoms with van der Waals surface area (Å²) in [6.45, 7) is 0. The van der Waals surface area contributed by atoms with Crippen LogP contribution in [0, 0.1) is 14.9 Å². The molecule has 0 spiro atoms. The van der Waals surface area contributed by atoms with Crippen LogP contribution in [0.15, 0.2) is 48.5 Å². The van der Waals surface area contributed by atoms with Gasteiger partial charge in [0.15, 0.2) is 5.75 Å². The summed E-state index contributed by atoms with van der Waals surface area (Å²) in [6.07, 6.45) is 0. The largest absolute Gasteiger partial charge is 0.436 e. The minimum Gasteiger partial charge on any atom is -0.436 e. The van der Waals surface area contributed by atoms with Crippen molar-refractivity contribution in [3.63, 3.8) is 0 Å². The highest BCUT2D eigenvalue weighted by molar-refractivity contribution is 14.1. The Labute approximate surface area is 135 Å². The third kappa shape index (κ3) is 2.76. The van der Waals surface area contributed by atoms with Crippen LogP contribution < -0.4 is 10.5 Å². The van der Waals surface area contributed by atoms with E-state index in [9.17, 15) is 0 Å². The van der Waals surface area contributed by atoms with Crippen molar-refractivity contribution in [2.24, 2.45) is 0 Å². The Hall–Kier alpha value is -2.33. The molecule has 0 aliphatic heterocycles. The van der Waals surface area contributed by atoms with E-state index >= 15 is 0 Å². The molecule has 2 N–H and O–H groups in total. The van der Waals surface area contributed by atoms with E-state index < -0.39 is 0 Å². The topological polar surface area (TPSA) is 71.9 Å². The number of hydrogen-bond acceptors (Lipinski definition) is 4. The SMILES string of the molecule is N#Cc1cc(N)c(Oc2ccc3ccccc3n2)c(I)c1. The second-order valence-electron chi connectivity index (χ2n) is 4.43. The molecule has 5 heteroatoms. The first-order valence-electron chi connectivity index (χ1n) is 6.20. The second kappa shape index (κ2) is 5.58. The van der Waals surface area contributed by atoms with Crippen LogP contribution in [0.1, 0.15) is 5.56 Å². The smallest absolute Gasteiger partial charge is 0.219 e. The van der Waals surface area contributed by atoms with Crippen molar-refractivity contribution in [1.82, 2.24) is 4.98 Å². The first-order valence-corrected chi connectivity index (χ1v) is 7.28. The molecule has 0 saturated heterocycles. The Morgan fingerprint density at radius 1 is 1.14 bits per heavy atom. The summed E-state index contributed by atoms with van der Waals surface area (Å²) >= 11 is 2.10. The molecule has 3 rings (SSSR count). The standard InChI is InChI=1S/C16H10IN3O/c17-12-7-10(9-18)8-13(19)16(12)21-15-6-5-11-3-1-2-4-14(11)20-15/h1-8H,19H2. The molecule has 1 heterocycles. The Balaban J connectivity index is 2.01. The van der Waals surface area contributed by atoms with Gasteiger partial charge in [-0.05, 0) is 46.9 Å². The highest BCUT2D eigenvalue weighted by Crippen LogP contribution is 2.33. The van der Waals surface area contributed by atoms with Crippen LogP contribution in [0.5, 0.6) is 11.6 Å².